The van der Waals surface area contributed by atoms with E-state index in [2.05, 4.69) is 15.5 Å². The number of ether oxygens (including phenoxy) is 1. The fourth-order valence-electron chi connectivity index (χ4n) is 3.43. The maximum Gasteiger partial charge on any atom is 0.407 e. The molecular formula is C16H31N3O3. The van der Waals surface area contributed by atoms with Crippen LogP contribution in [0.15, 0.2) is 0 Å². The summed E-state index contributed by atoms with van der Waals surface area (Å²) in [6.45, 7) is 8.67. The van der Waals surface area contributed by atoms with Crippen molar-refractivity contribution in [3.8, 4) is 0 Å². The van der Waals surface area contributed by atoms with Crippen LogP contribution in [0.3, 0.4) is 0 Å². The van der Waals surface area contributed by atoms with Crippen molar-refractivity contribution in [2.75, 3.05) is 39.3 Å². The summed E-state index contributed by atoms with van der Waals surface area (Å²) in [5, 5.41) is 15.6. The molecule has 3 N–H and O–H groups in total. The number of carbonyl (C=O) groups is 1. The first-order valence-corrected chi connectivity index (χ1v) is 8.52. The smallest absolute Gasteiger partial charge is 0.407 e. The zero-order valence-electron chi connectivity index (χ0n) is 13.9. The summed E-state index contributed by atoms with van der Waals surface area (Å²) in [4.78, 5) is 14.4. The highest BCUT2D eigenvalue weighted by molar-refractivity contribution is 5.68. The van der Waals surface area contributed by atoms with Crippen molar-refractivity contribution < 1.29 is 14.6 Å². The highest BCUT2D eigenvalue weighted by Gasteiger charge is 2.29. The van der Waals surface area contributed by atoms with E-state index in [4.69, 9.17) is 4.74 Å². The van der Waals surface area contributed by atoms with Crippen LogP contribution in [0, 0.1) is 5.92 Å². The molecule has 2 rings (SSSR count). The lowest BCUT2D eigenvalue weighted by Gasteiger charge is -2.37. The van der Waals surface area contributed by atoms with Crippen molar-refractivity contribution in [1.82, 2.24) is 15.5 Å². The van der Waals surface area contributed by atoms with E-state index >= 15 is 0 Å². The second-order valence-corrected chi connectivity index (χ2v) is 7.24. The third kappa shape index (κ3) is 5.74. The summed E-state index contributed by atoms with van der Waals surface area (Å²) in [5.74, 6) is 0.355. The van der Waals surface area contributed by atoms with Crippen molar-refractivity contribution in [3.63, 3.8) is 0 Å². The predicted molar refractivity (Wildman–Crippen MR) is 85.8 cm³/mol. The van der Waals surface area contributed by atoms with Gasteiger partial charge in [0.2, 0.25) is 0 Å². The van der Waals surface area contributed by atoms with Gasteiger partial charge >= 0.3 is 6.09 Å². The first-order chi connectivity index (χ1) is 10.5. The van der Waals surface area contributed by atoms with Gasteiger partial charge in [-0.05, 0) is 65.1 Å². The van der Waals surface area contributed by atoms with Gasteiger partial charge in [0.15, 0.2) is 0 Å². The molecule has 0 radical (unpaired) electrons. The van der Waals surface area contributed by atoms with Gasteiger partial charge in [-0.2, -0.15) is 0 Å². The van der Waals surface area contributed by atoms with E-state index in [1.54, 1.807) is 0 Å². The highest BCUT2D eigenvalue weighted by atomic mass is 16.6. The molecule has 0 saturated carbocycles. The molecule has 128 valence electrons. The Morgan fingerprint density at radius 2 is 2.09 bits per heavy atom. The number of aliphatic hydroxyl groups is 1. The van der Waals surface area contributed by atoms with Crippen LogP contribution in [-0.4, -0.2) is 67.1 Å². The largest absolute Gasteiger partial charge is 0.442 e. The normalized spacial score (nSPS) is 25.0. The Bertz CT molecular complexity index is 357. The number of piperidine rings is 2. The SMILES string of the molecule is CC(C)(CN1CCCC(CO)C1)OC(=O)NC1CCNCC1. The first-order valence-electron chi connectivity index (χ1n) is 8.52. The minimum atomic E-state index is -0.519. The lowest BCUT2D eigenvalue weighted by molar-refractivity contribution is -0.00410. The molecule has 2 saturated heterocycles. The Morgan fingerprint density at radius 1 is 1.36 bits per heavy atom. The minimum Gasteiger partial charge on any atom is -0.442 e. The fourth-order valence-corrected chi connectivity index (χ4v) is 3.43. The number of nitrogens with zero attached hydrogens (tertiary/aromatic N) is 1. The zero-order valence-corrected chi connectivity index (χ0v) is 13.9. The number of alkyl carbamates (subject to hydrolysis) is 1. The molecule has 0 spiro atoms. The van der Waals surface area contributed by atoms with E-state index in [0.717, 1.165) is 51.9 Å². The molecule has 0 bridgehead atoms. The quantitative estimate of drug-likeness (QED) is 0.705. The number of nitrogens with one attached hydrogen (secondary N) is 2. The molecule has 0 aromatic heterocycles. The Hall–Kier alpha value is -0.850. The monoisotopic (exact) mass is 313 g/mol. The van der Waals surface area contributed by atoms with Crippen LogP contribution in [0.2, 0.25) is 0 Å². The fraction of sp³-hybridized carbons (Fsp3) is 0.938. The molecule has 2 heterocycles. The van der Waals surface area contributed by atoms with Gasteiger partial charge in [0.25, 0.3) is 0 Å². The molecule has 1 unspecified atom stereocenters. The van der Waals surface area contributed by atoms with Crippen LogP contribution in [0.25, 0.3) is 0 Å². The van der Waals surface area contributed by atoms with Crippen LogP contribution >= 0.6 is 0 Å². The third-order valence-corrected chi connectivity index (χ3v) is 4.50. The zero-order chi connectivity index (χ0) is 16.0. The Balaban J connectivity index is 1.75. The summed E-state index contributed by atoms with van der Waals surface area (Å²) in [7, 11) is 0. The molecule has 2 fully saturated rings. The average Bonchev–Trinajstić information content (AvgIpc) is 2.47. The summed E-state index contributed by atoms with van der Waals surface area (Å²) >= 11 is 0. The van der Waals surface area contributed by atoms with Crippen LogP contribution in [0.1, 0.15) is 39.5 Å². The van der Waals surface area contributed by atoms with Gasteiger partial charge in [0.05, 0.1) is 0 Å². The van der Waals surface area contributed by atoms with Crippen LogP contribution in [-0.2, 0) is 4.74 Å². The van der Waals surface area contributed by atoms with E-state index in [-0.39, 0.29) is 18.7 Å². The van der Waals surface area contributed by atoms with Crippen LogP contribution in [0.4, 0.5) is 4.79 Å². The summed E-state index contributed by atoms with van der Waals surface area (Å²) in [6.07, 6.45) is 3.79. The lowest BCUT2D eigenvalue weighted by atomic mass is 9.97. The molecule has 0 aromatic carbocycles. The number of likely N-dealkylation sites (tertiary alicyclic amines) is 1. The average molecular weight is 313 g/mol. The third-order valence-electron chi connectivity index (χ3n) is 4.50. The first kappa shape index (κ1) is 17.5. The van der Waals surface area contributed by atoms with Gasteiger partial charge in [-0.15, -0.1) is 0 Å². The van der Waals surface area contributed by atoms with Gasteiger partial charge in [0.1, 0.15) is 5.60 Å². The number of hydrogen-bond donors (Lipinski definition) is 3. The standard InChI is InChI=1S/C16H31N3O3/c1-16(2,12-19-9-3-4-13(10-19)11-20)22-15(21)18-14-5-7-17-8-6-14/h13-14,17,20H,3-12H2,1-2H3,(H,18,21). The van der Waals surface area contributed by atoms with Gasteiger partial charge in [0, 0.05) is 25.7 Å². The van der Waals surface area contributed by atoms with Crippen molar-refractivity contribution in [1.29, 1.82) is 0 Å². The second kappa shape index (κ2) is 8.13. The lowest BCUT2D eigenvalue weighted by Crippen LogP contribution is -2.49. The van der Waals surface area contributed by atoms with Crippen LogP contribution < -0.4 is 10.6 Å². The number of carbonyl (C=O) groups excluding carboxylic acids is 1. The molecule has 0 aliphatic carbocycles. The van der Waals surface area contributed by atoms with E-state index in [1.807, 2.05) is 13.8 Å². The van der Waals surface area contributed by atoms with Gasteiger partial charge in [-0.25, -0.2) is 4.79 Å². The van der Waals surface area contributed by atoms with Crippen molar-refractivity contribution >= 4 is 6.09 Å². The molecule has 6 heteroatoms. The Kier molecular flexibility index (Phi) is 6.47. The predicted octanol–water partition coefficient (Wildman–Crippen LogP) is 0.948. The molecule has 2 aliphatic heterocycles. The van der Waals surface area contributed by atoms with E-state index < -0.39 is 5.60 Å². The summed E-state index contributed by atoms with van der Waals surface area (Å²) in [6, 6.07) is 0.221. The van der Waals surface area contributed by atoms with E-state index in [1.165, 1.54) is 0 Å². The molecule has 6 nitrogen and oxygen atoms in total. The van der Waals surface area contributed by atoms with Crippen molar-refractivity contribution in [2.24, 2.45) is 5.92 Å². The topological polar surface area (TPSA) is 73.8 Å². The van der Waals surface area contributed by atoms with Crippen molar-refractivity contribution in [2.45, 2.75) is 51.2 Å². The number of rotatable bonds is 5. The molecule has 1 amide bonds. The number of aliphatic hydroxyl groups excluding tert-OH is 1. The van der Waals surface area contributed by atoms with Crippen LogP contribution in [0.5, 0.6) is 0 Å². The van der Waals surface area contributed by atoms with Gasteiger partial charge in [-0.3, -0.25) is 4.90 Å². The van der Waals surface area contributed by atoms with Gasteiger partial charge < -0.3 is 20.5 Å². The molecule has 0 aromatic rings. The minimum absolute atomic E-state index is 0.221. The van der Waals surface area contributed by atoms with E-state index in [0.29, 0.717) is 12.5 Å². The highest BCUT2D eigenvalue weighted by Crippen LogP contribution is 2.20. The summed E-state index contributed by atoms with van der Waals surface area (Å²) < 4.78 is 5.64. The molecule has 1 atom stereocenters. The Morgan fingerprint density at radius 3 is 2.77 bits per heavy atom. The van der Waals surface area contributed by atoms with Crippen molar-refractivity contribution in [3.05, 3.63) is 0 Å². The number of amides is 1. The molecule has 2 aliphatic rings. The molecular weight excluding hydrogens is 282 g/mol. The van der Waals surface area contributed by atoms with E-state index in [9.17, 15) is 9.90 Å². The second-order valence-electron chi connectivity index (χ2n) is 7.24. The molecule has 22 heavy (non-hydrogen) atoms. The summed E-state index contributed by atoms with van der Waals surface area (Å²) in [5.41, 5.74) is -0.519. The number of hydrogen-bond acceptors (Lipinski definition) is 5. The maximum atomic E-state index is 12.1. The Labute approximate surface area is 133 Å². The van der Waals surface area contributed by atoms with Gasteiger partial charge in [-0.1, -0.05) is 0 Å². The maximum absolute atomic E-state index is 12.1.